The Morgan fingerprint density at radius 1 is 0.757 bits per heavy atom. The Labute approximate surface area is 215 Å². The number of rotatable bonds is 7. The molecule has 0 fully saturated rings. The fourth-order valence-electron chi connectivity index (χ4n) is 3.90. The smallest absolute Gasteiger partial charge is 0.259 e. The molecule has 0 aliphatic heterocycles. The second-order valence-electron chi connectivity index (χ2n) is 8.76. The number of nitrogens with one attached hydrogen (secondary N) is 3. The highest BCUT2D eigenvalue weighted by Crippen LogP contribution is 2.22. The molecule has 3 aromatic carbocycles. The maximum absolute atomic E-state index is 12.9. The van der Waals surface area contributed by atoms with Gasteiger partial charge in [0.15, 0.2) is 0 Å². The molecule has 184 valence electrons. The van der Waals surface area contributed by atoms with Crippen molar-refractivity contribution < 1.29 is 4.79 Å². The summed E-state index contributed by atoms with van der Waals surface area (Å²) in [7, 11) is 0. The number of aryl methyl sites for hydroxylation is 2. The summed E-state index contributed by atoms with van der Waals surface area (Å²) in [6.45, 7) is 5.85. The lowest BCUT2D eigenvalue weighted by Gasteiger charge is -2.11. The van der Waals surface area contributed by atoms with Gasteiger partial charge in [-0.1, -0.05) is 35.9 Å². The van der Waals surface area contributed by atoms with Gasteiger partial charge in [-0.05, 0) is 69.3 Å². The van der Waals surface area contributed by atoms with E-state index >= 15 is 0 Å². The van der Waals surface area contributed by atoms with Crippen molar-refractivity contribution in [1.29, 1.82) is 0 Å². The van der Waals surface area contributed by atoms with Crippen molar-refractivity contribution in [1.82, 2.24) is 19.7 Å². The average Bonchev–Trinajstić information content (AvgIpc) is 3.28. The number of carbonyl (C=O) groups excluding carboxylic acids is 1. The molecule has 3 N–H and O–H groups in total. The summed E-state index contributed by atoms with van der Waals surface area (Å²) in [6.07, 6.45) is 1.59. The first-order valence-corrected chi connectivity index (χ1v) is 11.9. The van der Waals surface area contributed by atoms with Gasteiger partial charge >= 0.3 is 0 Å². The summed E-state index contributed by atoms with van der Waals surface area (Å²) < 4.78 is 1.76. The Kier molecular flexibility index (Phi) is 6.63. The van der Waals surface area contributed by atoms with E-state index in [9.17, 15) is 4.79 Å². The molecule has 8 heteroatoms. The van der Waals surface area contributed by atoms with E-state index in [1.807, 2.05) is 106 Å². The molecule has 0 aliphatic carbocycles. The van der Waals surface area contributed by atoms with E-state index in [0.29, 0.717) is 23.0 Å². The number of hydrogen-bond donors (Lipinski definition) is 3. The van der Waals surface area contributed by atoms with Crippen LogP contribution >= 0.6 is 0 Å². The lowest BCUT2D eigenvalue weighted by Crippen LogP contribution is -2.13. The predicted octanol–water partition coefficient (Wildman–Crippen LogP) is 6.33. The van der Waals surface area contributed by atoms with E-state index in [0.717, 1.165) is 28.5 Å². The van der Waals surface area contributed by atoms with Gasteiger partial charge in [0.2, 0.25) is 5.95 Å². The SMILES string of the molecule is Cc1ccc(Nc2nc(C)cc(Nc3ccc(NC(=O)c4cnn(-c5ccccc5)c4C)cc3)n2)cc1. The maximum Gasteiger partial charge on any atom is 0.259 e. The van der Waals surface area contributed by atoms with Gasteiger partial charge < -0.3 is 16.0 Å². The molecular formula is C29H27N7O. The molecule has 0 saturated carbocycles. The molecule has 0 atom stereocenters. The Morgan fingerprint density at radius 2 is 1.41 bits per heavy atom. The van der Waals surface area contributed by atoms with E-state index < -0.39 is 0 Å². The molecule has 0 saturated heterocycles. The molecule has 37 heavy (non-hydrogen) atoms. The van der Waals surface area contributed by atoms with E-state index in [1.54, 1.807) is 10.9 Å². The van der Waals surface area contributed by atoms with Crippen LogP contribution in [-0.4, -0.2) is 25.7 Å². The highest BCUT2D eigenvalue weighted by Gasteiger charge is 2.15. The highest BCUT2D eigenvalue weighted by atomic mass is 16.1. The normalized spacial score (nSPS) is 10.7. The first kappa shape index (κ1) is 23.7. The lowest BCUT2D eigenvalue weighted by molar-refractivity contribution is 0.102. The Bertz CT molecular complexity index is 1530. The largest absolute Gasteiger partial charge is 0.340 e. The second-order valence-corrected chi connectivity index (χ2v) is 8.76. The Morgan fingerprint density at radius 3 is 2.14 bits per heavy atom. The number of amides is 1. The molecule has 0 bridgehead atoms. The first-order valence-electron chi connectivity index (χ1n) is 11.9. The molecule has 2 heterocycles. The highest BCUT2D eigenvalue weighted by molar-refractivity contribution is 6.05. The lowest BCUT2D eigenvalue weighted by atomic mass is 10.2. The minimum absolute atomic E-state index is 0.210. The summed E-state index contributed by atoms with van der Waals surface area (Å²) in [6, 6.07) is 27.1. The van der Waals surface area contributed by atoms with Gasteiger partial charge in [-0.3, -0.25) is 4.79 Å². The van der Waals surface area contributed by atoms with Crippen LogP contribution in [0, 0.1) is 20.8 Å². The van der Waals surface area contributed by atoms with Crippen LogP contribution in [0.4, 0.5) is 28.8 Å². The average molecular weight is 490 g/mol. The molecule has 2 aromatic heterocycles. The van der Waals surface area contributed by atoms with E-state index in [1.165, 1.54) is 5.56 Å². The van der Waals surface area contributed by atoms with Gasteiger partial charge in [-0.2, -0.15) is 10.1 Å². The van der Waals surface area contributed by atoms with Gasteiger partial charge in [0, 0.05) is 28.8 Å². The minimum Gasteiger partial charge on any atom is -0.340 e. The summed E-state index contributed by atoms with van der Waals surface area (Å²) in [5.41, 5.74) is 6.68. The van der Waals surface area contributed by atoms with Crippen LogP contribution in [0.2, 0.25) is 0 Å². The minimum atomic E-state index is -0.210. The quantitative estimate of drug-likeness (QED) is 0.247. The van der Waals surface area contributed by atoms with Gasteiger partial charge in [-0.15, -0.1) is 0 Å². The fraction of sp³-hybridized carbons (Fsp3) is 0.103. The molecule has 5 rings (SSSR count). The zero-order chi connectivity index (χ0) is 25.8. The molecule has 5 aromatic rings. The monoisotopic (exact) mass is 489 g/mol. The number of hydrogen-bond acceptors (Lipinski definition) is 6. The van der Waals surface area contributed by atoms with Gasteiger partial charge in [0.1, 0.15) is 5.82 Å². The number of carbonyl (C=O) groups is 1. The summed E-state index contributed by atoms with van der Waals surface area (Å²) >= 11 is 0. The molecule has 0 spiro atoms. The maximum atomic E-state index is 12.9. The summed E-state index contributed by atoms with van der Waals surface area (Å²) in [5, 5.41) is 13.9. The molecular weight excluding hydrogens is 462 g/mol. The molecule has 8 nitrogen and oxygen atoms in total. The number of benzene rings is 3. The predicted molar refractivity (Wildman–Crippen MR) is 147 cm³/mol. The third-order valence-corrected chi connectivity index (χ3v) is 5.83. The van der Waals surface area contributed by atoms with Crippen molar-refractivity contribution in [3.05, 3.63) is 114 Å². The molecule has 0 aliphatic rings. The van der Waals surface area contributed by atoms with E-state index in [-0.39, 0.29) is 5.91 Å². The fourth-order valence-corrected chi connectivity index (χ4v) is 3.90. The summed E-state index contributed by atoms with van der Waals surface area (Å²) in [4.78, 5) is 22.0. The van der Waals surface area contributed by atoms with Gasteiger partial charge in [0.25, 0.3) is 5.91 Å². The Balaban J connectivity index is 1.25. The van der Waals surface area contributed by atoms with Crippen molar-refractivity contribution in [3.8, 4) is 5.69 Å². The molecule has 0 radical (unpaired) electrons. The van der Waals surface area contributed by atoms with Gasteiger partial charge in [-0.25, -0.2) is 9.67 Å². The van der Waals surface area contributed by atoms with Crippen molar-refractivity contribution in [3.63, 3.8) is 0 Å². The third kappa shape index (κ3) is 5.65. The zero-order valence-corrected chi connectivity index (χ0v) is 20.9. The van der Waals surface area contributed by atoms with Crippen molar-refractivity contribution >= 4 is 34.7 Å². The molecule has 0 unspecified atom stereocenters. The van der Waals surface area contributed by atoms with Crippen LogP contribution in [0.1, 0.15) is 27.3 Å². The third-order valence-electron chi connectivity index (χ3n) is 5.83. The van der Waals surface area contributed by atoms with Crippen LogP contribution in [0.5, 0.6) is 0 Å². The van der Waals surface area contributed by atoms with Crippen LogP contribution < -0.4 is 16.0 Å². The first-order chi connectivity index (χ1) is 17.9. The van der Waals surface area contributed by atoms with Crippen molar-refractivity contribution in [2.24, 2.45) is 0 Å². The van der Waals surface area contributed by atoms with E-state index in [4.69, 9.17) is 0 Å². The van der Waals surface area contributed by atoms with Crippen molar-refractivity contribution in [2.45, 2.75) is 20.8 Å². The van der Waals surface area contributed by atoms with E-state index in [2.05, 4.69) is 31.0 Å². The van der Waals surface area contributed by atoms with Gasteiger partial charge in [0.05, 0.1) is 23.1 Å². The van der Waals surface area contributed by atoms with Crippen LogP contribution in [0.15, 0.2) is 91.1 Å². The Hall–Kier alpha value is -4.98. The number of anilines is 5. The van der Waals surface area contributed by atoms with Crippen molar-refractivity contribution in [2.75, 3.05) is 16.0 Å². The number of nitrogens with zero attached hydrogens (tertiary/aromatic N) is 4. The zero-order valence-electron chi connectivity index (χ0n) is 20.9. The summed E-state index contributed by atoms with van der Waals surface area (Å²) in [5.74, 6) is 0.975. The number of aromatic nitrogens is 4. The number of para-hydroxylation sites is 1. The van der Waals surface area contributed by atoms with Crippen LogP contribution in [0.25, 0.3) is 5.69 Å². The second kappa shape index (κ2) is 10.3. The van der Waals surface area contributed by atoms with Crippen LogP contribution in [-0.2, 0) is 0 Å². The topological polar surface area (TPSA) is 96.8 Å². The van der Waals surface area contributed by atoms with Crippen LogP contribution in [0.3, 0.4) is 0 Å². The molecule has 1 amide bonds. The standard InChI is InChI=1S/C29H27N7O/c1-19-9-11-24(12-10-19)34-29-31-20(2)17-27(35-29)32-22-13-15-23(16-14-22)33-28(37)26-18-30-36(21(26)3)25-7-5-4-6-8-25/h4-18H,1-3H3,(H,33,37)(H2,31,32,34,35).